The molecule has 148 valence electrons. The van der Waals surface area contributed by atoms with Gasteiger partial charge >= 0.3 is 5.97 Å². The molecule has 0 spiro atoms. The normalized spacial score (nSPS) is 9.96. The average molecular weight is 386 g/mol. The number of carbonyl (C=O) groups excluding carboxylic acids is 3. The molecule has 2 aromatic carbocycles. The van der Waals surface area contributed by atoms with E-state index in [1.165, 1.54) is 14.2 Å². The zero-order valence-electron chi connectivity index (χ0n) is 15.9. The number of esters is 1. The average Bonchev–Trinajstić information content (AvgIpc) is 2.72. The van der Waals surface area contributed by atoms with E-state index in [0.717, 1.165) is 0 Å². The molecule has 0 heterocycles. The molecule has 0 aliphatic heterocycles. The van der Waals surface area contributed by atoms with Crippen LogP contribution in [0.5, 0.6) is 11.5 Å². The Kier molecular flexibility index (Phi) is 7.38. The maximum atomic E-state index is 12.4. The summed E-state index contributed by atoms with van der Waals surface area (Å²) in [5, 5.41) is 5.18. The monoisotopic (exact) mass is 386 g/mol. The zero-order valence-corrected chi connectivity index (χ0v) is 15.9. The predicted molar refractivity (Wildman–Crippen MR) is 103 cm³/mol. The Morgan fingerprint density at radius 1 is 0.893 bits per heavy atom. The number of methoxy groups -OCH3 is 2. The topological polar surface area (TPSA) is 103 Å². The van der Waals surface area contributed by atoms with Crippen molar-refractivity contribution in [2.24, 2.45) is 0 Å². The number of benzene rings is 2. The van der Waals surface area contributed by atoms with Gasteiger partial charge in [0.1, 0.15) is 6.54 Å². The number of hydrogen-bond acceptors (Lipinski definition) is 6. The highest BCUT2D eigenvalue weighted by atomic mass is 16.5. The number of rotatable bonds is 8. The first-order valence-corrected chi connectivity index (χ1v) is 8.55. The van der Waals surface area contributed by atoms with E-state index in [-0.39, 0.29) is 12.5 Å². The molecule has 2 amide bonds. The van der Waals surface area contributed by atoms with Crippen molar-refractivity contribution < 1.29 is 28.6 Å². The molecule has 8 nitrogen and oxygen atoms in total. The van der Waals surface area contributed by atoms with Gasteiger partial charge in [0.05, 0.1) is 20.8 Å². The molecule has 0 saturated heterocycles. The van der Waals surface area contributed by atoms with Crippen LogP contribution in [0.1, 0.15) is 27.6 Å². The summed E-state index contributed by atoms with van der Waals surface area (Å²) in [6.45, 7) is 2.13. The number of hydrogen-bond donors (Lipinski definition) is 2. The molecule has 0 aliphatic carbocycles. The Balaban J connectivity index is 2.02. The van der Waals surface area contributed by atoms with Gasteiger partial charge in [-0.3, -0.25) is 14.4 Å². The minimum Gasteiger partial charge on any atom is -0.493 e. The second kappa shape index (κ2) is 9.96. The lowest BCUT2D eigenvalue weighted by Crippen LogP contribution is -2.30. The Labute approximate surface area is 162 Å². The highest BCUT2D eigenvalue weighted by Crippen LogP contribution is 2.28. The largest absolute Gasteiger partial charge is 0.493 e. The standard InChI is InChI=1S/C20H22N2O6/c1-4-28-16-10-7-14(11-17(16)26-2)20(25)22-15-8-5-13(6-9-15)19(24)21-12-18(23)27-3/h5-11H,4,12H2,1-3H3,(H,21,24)(H,22,25). The lowest BCUT2D eigenvalue weighted by molar-refractivity contribution is -0.139. The van der Waals surface area contributed by atoms with Crippen LogP contribution in [0.2, 0.25) is 0 Å². The van der Waals surface area contributed by atoms with Gasteiger partial charge in [-0.1, -0.05) is 0 Å². The maximum Gasteiger partial charge on any atom is 0.325 e. The minimum absolute atomic E-state index is 0.215. The summed E-state index contributed by atoms with van der Waals surface area (Å²) in [6.07, 6.45) is 0. The number of nitrogens with one attached hydrogen (secondary N) is 2. The lowest BCUT2D eigenvalue weighted by atomic mass is 10.1. The van der Waals surface area contributed by atoms with Gasteiger partial charge in [-0.2, -0.15) is 0 Å². The quantitative estimate of drug-likeness (QED) is 0.675. The Morgan fingerprint density at radius 3 is 2.18 bits per heavy atom. The molecular formula is C20H22N2O6. The second-order valence-electron chi connectivity index (χ2n) is 5.59. The molecule has 0 aliphatic rings. The lowest BCUT2D eigenvalue weighted by Gasteiger charge is -2.11. The molecule has 0 bridgehead atoms. The fraction of sp³-hybridized carbons (Fsp3) is 0.250. The number of ether oxygens (including phenoxy) is 3. The second-order valence-corrected chi connectivity index (χ2v) is 5.59. The third-order valence-corrected chi connectivity index (χ3v) is 3.75. The minimum atomic E-state index is -0.539. The van der Waals surface area contributed by atoms with Crippen LogP contribution in [-0.4, -0.2) is 45.2 Å². The molecule has 0 aromatic heterocycles. The third kappa shape index (κ3) is 5.47. The van der Waals surface area contributed by atoms with Crippen molar-refractivity contribution in [1.82, 2.24) is 5.32 Å². The van der Waals surface area contributed by atoms with Crippen LogP contribution in [0.4, 0.5) is 5.69 Å². The van der Waals surface area contributed by atoms with Crippen molar-refractivity contribution in [1.29, 1.82) is 0 Å². The number of anilines is 1. The molecule has 2 rings (SSSR count). The van der Waals surface area contributed by atoms with Crippen molar-refractivity contribution in [2.45, 2.75) is 6.92 Å². The van der Waals surface area contributed by atoms with Crippen LogP contribution in [0.25, 0.3) is 0 Å². The molecule has 8 heteroatoms. The molecule has 2 aromatic rings. The highest BCUT2D eigenvalue weighted by molar-refractivity contribution is 6.05. The van der Waals surface area contributed by atoms with Crippen LogP contribution in [0, 0.1) is 0 Å². The molecule has 0 unspecified atom stereocenters. The van der Waals surface area contributed by atoms with E-state index >= 15 is 0 Å². The Morgan fingerprint density at radius 2 is 1.57 bits per heavy atom. The van der Waals surface area contributed by atoms with Gasteiger partial charge in [-0.15, -0.1) is 0 Å². The fourth-order valence-electron chi connectivity index (χ4n) is 2.32. The first-order chi connectivity index (χ1) is 13.5. The first kappa shape index (κ1) is 20.8. The van der Waals surface area contributed by atoms with Crippen molar-refractivity contribution in [3.05, 3.63) is 53.6 Å². The van der Waals surface area contributed by atoms with E-state index in [4.69, 9.17) is 9.47 Å². The number of carbonyl (C=O) groups is 3. The van der Waals surface area contributed by atoms with E-state index in [1.807, 2.05) is 6.92 Å². The van der Waals surface area contributed by atoms with Crippen LogP contribution >= 0.6 is 0 Å². The van der Waals surface area contributed by atoms with Crippen molar-refractivity contribution in [2.75, 3.05) is 32.7 Å². The zero-order chi connectivity index (χ0) is 20.5. The van der Waals surface area contributed by atoms with Crippen molar-refractivity contribution in [3.63, 3.8) is 0 Å². The summed E-state index contributed by atoms with van der Waals surface area (Å²) >= 11 is 0. The van der Waals surface area contributed by atoms with E-state index in [9.17, 15) is 14.4 Å². The van der Waals surface area contributed by atoms with Crippen LogP contribution in [0.3, 0.4) is 0 Å². The van der Waals surface area contributed by atoms with Gasteiger partial charge in [0, 0.05) is 16.8 Å². The summed E-state index contributed by atoms with van der Waals surface area (Å²) in [5.74, 6) is -0.261. The molecule has 0 atom stereocenters. The highest BCUT2D eigenvalue weighted by Gasteiger charge is 2.12. The molecule has 0 radical (unpaired) electrons. The molecule has 2 N–H and O–H groups in total. The smallest absolute Gasteiger partial charge is 0.325 e. The van der Waals surface area contributed by atoms with Crippen LogP contribution in [0.15, 0.2) is 42.5 Å². The SMILES string of the molecule is CCOc1ccc(C(=O)Nc2ccc(C(=O)NCC(=O)OC)cc2)cc1OC. The van der Waals surface area contributed by atoms with E-state index in [2.05, 4.69) is 15.4 Å². The molecular weight excluding hydrogens is 364 g/mol. The van der Waals surface area contributed by atoms with Crippen LogP contribution < -0.4 is 20.1 Å². The van der Waals surface area contributed by atoms with E-state index in [0.29, 0.717) is 34.9 Å². The Hall–Kier alpha value is -3.55. The molecule has 28 heavy (non-hydrogen) atoms. The maximum absolute atomic E-state index is 12.4. The van der Waals surface area contributed by atoms with Gasteiger partial charge in [-0.05, 0) is 49.4 Å². The van der Waals surface area contributed by atoms with Crippen LogP contribution in [-0.2, 0) is 9.53 Å². The summed E-state index contributed by atoms with van der Waals surface area (Å²) in [7, 11) is 2.75. The van der Waals surface area contributed by atoms with Gasteiger partial charge in [0.2, 0.25) is 0 Å². The number of amides is 2. The Bertz CT molecular complexity index is 848. The summed E-state index contributed by atoms with van der Waals surface area (Å²) in [4.78, 5) is 35.4. The first-order valence-electron chi connectivity index (χ1n) is 8.55. The summed E-state index contributed by atoms with van der Waals surface area (Å²) in [6, 6.07) is 11.2. The van der Waals surface area contributed by atoms with Crippen molar-refractivity contribution >= 4 is 23.5 Å². The van der Waals surface area contributed by atoms with E-state index in [1.54, 1.807) is 42.5 Å². The fourth-order valence-corrected chi connectivity index (χ4v) is 2.32. The third-order valence-electron chi connectivity index (χ3n) is 3.75. The van der Waals surface area contributed by atoms with Gasteiger partial charge in [0.15, 0.2) is 11.5 Å². The summed E-state index contributed by atoms with van der Waals surface area (Å²) < 4.78 is 15.1. The predicted octanol–water partition coefficient (Wildman–Crippen LogP) is 2.25. The van der Waals surface area contributed by atoms with Crippen molar-refractivity contribution in [3.8, 4) is 11.5 Å². The molecule has 0 saturated carbocycles. The summed E-state index contributed by atoms with van der Waals surface area (Å²) in [5.41, 5.74) is 1.27. The van der Waals surface area contributed by atoms with Gasteiger partial charge in [-0.25, -0.2) is 0 Å². The molecule has 0 fully saturated rings. The van der Waals surface area contributed by atoms with Gasteiger partial charge < -0.3 is 24.8 Å². The van der Waals surface area contributed by atoms with E-state index < -0.39 is 11.9 Å². The van der Waals surface area contributed by atoms with Gasteiger partial charge in [0.25, 0.3) is 11.8 Å².